The number of ether oxygens (including phenoxy) is 3. The Morgan fingerprint density at radius 3 is 2.48 bits per heavy atom. The molecule has 2 aliphatic heterocycles. The molecule has 0 aliphatic carbocycles. The van der Waals surface area contributed by atoms with Crippen molar-refractivity contribution in [3.8, 4) is 0 Å². The second kappa shape index (κ2) is 9.15. The van der Waals surface area contributed by atoms with Gasteiger partial charge in [0, 0.05) is 50.2 Å². The minimum Gasteiger partial charge on any atom is -0.380 e. The normalized spacial score (nSPS) is 19.0. The van der Waals surface area contributed by atoms with Crippen LogP contribution in [0.4, 0.5) is 11.4 Å². The van der Waals surface area contributed by atoms with Gasteiger partial charge in [0.15, 0.2) is 0 Å². The number of nitrogens with zero attached hydrogens (tertiary/aromatic N) is 2. The van der Waals surface area contributed by atoms with Crippen LogP contribution < -0.4 is 10.2 Å². The first-order valence-electron chi connectivity index (χ1n) is 8.81. The first-order valence-corrected chi connectivity index (χ1v) is 8.81. The first kappa shape index (κ1) is 18.1. The van der Waals surface area contributed by atoms with Gasteiger partial charge in [-0.25, -0.2) is 0 Å². The zero-order chi connectivity index (χ0) is 17.5. The molecule has 0 bridgehead atoms. The summed E-state index contributed by atoms with van der Waals surface area (Å²) in [6, 6.07) is 6.02. The van der Waals surface area contributed by atoms with Gasteiger partial charge < -0.3 is 24.4 Å². The number of rotatable bonds is 6. The Morgan fingerprint density at radius 2 is 1.80 bits per heavy atom. The molecule has 1 N–H and O–H groups in total. The van der Waals surface area contributed by atoms with Gasteiger partial charge in [0.2, 0.25) is 5.91 Å². The lowest BCUT2D eigenvalue weighted by molar-refractivity contribution is -0.118. The van der Waals surface area contributed by atoms with E-state index in [0.29, 0.717) is 26.4 Å². The standard InChI is InChI=1S/C18H27N3O4/c1-23-14-15-12-16(2-3-17(15)21-6-10-25-11-7-21)19-18(22)13-20-4-8-24-9-5-20/h2-3,12H,4-11,13-14H2,1H3,(H,19,22). The van der Waals surface area contributed by atoms with Gasteiger partial charge in [-0.05, 0) is 18.2 Å². The number of anilines is 2. The number of carbonyl (C=O) groups excluding carboxylic acids is 1. The molecule has 1 aromatic rings. The number of amides is 1. The van der Waals surface area contributed by atoms with Crippen LogP contribution in [0.2, 0.25) is 0 Å². The highest BCUT2D eigenvalue weighted by atomic mass is 16.5. The average Bonchev–Trinajstić information content (AvgIpc) is 2.64. The summed E-state index contributed by atoms with van der Waals surface area (Å²) in [6.07, 6.45) is 0. The summed E-state index contributed by atoms with van der Waals surface area (Å²) in [6.45, 7) is 7.14. The van der Waals surface area contributed by atoms with E-state index in [2.05, 4.69) is 21.2 Å². The maximum Gasteiger partial charge on any atom is 0.238 e. The van der Waals surface area contributed by atoms with Crippen molar-refractivity contribution in [2.45, 2.75) is 6.61 Å². The highest BCUT2D eigenvalue weighted by Crippen LogP contribution is 2.26. The van der Waals surface area contributed by atoms with Crippen molar-refractivity contribution in [2.24, 2.45) is 0 Å². The molecule has 0 saturated carbocycles. The number of morpholine rings is 2. The van der Waals surface area contributed by atoms with Crippen LogP contribution >= 0.6 is 0 Å². The second-order valence-electron chi connectivity index (χ2n) is 6.31. The summed E-state index contributed by atoms with van der Waals surface area (Å²) in [5, 5.41) is 3.00. The number of benzene rings is 1. The number of carbonyl (C=O) groups is 1. The predicted octanol–water partition coefficient (Wildman–Crippen LogP) is 0.940. The lowest BCUT2D eigenvalue weighted by Gasteiger charge is -2.31. The van der Waals surface area contributed by atoms with E-state index in [-0.39, 0.29) is 5.91 Å². The van der Waals surface area contributed by atoms with Gasteiger partial charge in [0.1, 0.15) is 0 Å². The van der Waals surface area contributed by atoms with E-state index in [1.807, 2.05) is 12.1 Å². The van der Waals surface area contributed by atoms with Crippen LogP contribution in [0, 0.1) is 0 Å². The van der Waals surface area contributed by atoms with Crippen molar-refractivity contribution in [2.75, 3.05) is 76.5 Å². The van der Waals surface area contributed by atoms with Gasteiger partial charge in [0.05, 0.1) is 39.6 Å². The van der Waals surface area contributed by atoms with Crippen molar-refractivity contribution in [3.63, 3.8) is 0 Å². The molecule has 2 fully saturated rings. The van der Waals surface area contributed by atoms with Gasteiger partial charge >= 0.3 is 0 Å². The third-order valence-corrected chi connectivity index (χ3v) is 4.49. The van der Waals surface area contributed by atoms with Crippen molar-refractivity contribution in [1.29, 1.82) is 0 Å². The number of nitrogens with one attached hydrogen (secondary N) is 1. The molecule has 2 heterocycles. The summed E-state index contributed by atoms with van der Waals surface area (Å²) in [5.41, 5.74) is 3.03. The van der Waals surface area contributed by atoms with Crippen molar-refractivity contribution < 1.29 is 19.0 Å². The zero-order valence-corrected chi connectivity index (χ0v) is 14.8. The number of methoxy groups -OCH3 is 1. The van der Waals surface area contributed by atoms with Crippen LogP contribution in [0.5, 0.6) is 0 Å². The highest BCUT2D eigenvalue weighted by Gasteiger charge is 2.17. The van der Waals surface area contributed by atoms with Crippen molar-refractivity contribution in [1.82, 2.24) is 4.90 Å². The smallest absolute Gasteiger partial charge is 0.238 e. The van der Waals surface area contributed by atoms with E-state index in [4.69, 9.17) is 14.2 Å². The second-order valence-corrected chi connectivity index (χ2v) is 6.31. The fourth-order valence-corrected chi connectivity index (χ4v) is 3.21. The maximum absolute atomic E-state index is 12.3. The molecule has 2 aliphatic rings. The van der Waals surface area contributed by atoms with E-state index < -0.39 is 0 Å². The van der Waals surface area contributed by atoms with Crippen LogP contribution in [-0.2, 0) is 25.6 Å². The summed E-state index contributed by atoms with van der Waals surface area (Å²) in [4.78, 5) is 16.7. The van der Waals surface area contributed by atoms with Gasteiger partial charge in [-0.1, -0.05) is 0 Å². The molecule has 1 amide bonds. The number of hydrogen-bond donors (Lipinski definition) is 1. The Hall–Kier alpha value is -1.67. The Kier molecular flexibility index (Phi) is 6.63. The van der Waals surface area contributed by atoms with E-state index in [9.17, 15) is 4.79 Å². The minimum atomic E-state index is 0.00406. The first-order chi connectivity index (χ1) is 12.3. The van der Waals surface area contributed by atoms with Gasteiger partial charge in [-0.2, -0.15) is 0 Å². The molecule has 7 heteroatoms. The van der Waals surface area contributed by atoms with Gasteiger partial charge in [0.25, 0.3) is 0 Å². The van der Waals surface area contributed by atoms with Gasteiger partial charge in [-0.15, -0.1) is 0 Å². The van der Waals surface area contributed by atoms with E-state index in [0.717, 1.165) is 56.3 Å². The topological polar surface area (TPSA) is 63.3 Å². The summed E-state index contributed by atoms with van der Waals surface area (Å²) in [7, 11) is 1.69. The molecule has 0 unspecified atom stereocenters. The molecule has 0 spiro atoms. The molecule has 1 aromatic carbocycles. The quantitative estimate of drug-likeness (QED) is 0.825. The molecular weight excluding hydrogens is 322 g/mol. The third kappa shape index (κ3) is 5.15. The minimum absolute atomic E-state index is 0.00406. The van der Waals surface area contributed by atoms with Gasteiger partial charge in [-0.3, -0.25) is 9.69 Å². The fraction of sp³-hybridized carbons (Fsp3) is 0.611. The zero-order valence-electron chi connectivity index (χ0n) is 14.8. The summed E-state index contributed by atoms with van der Waals surface area (Å²) in [5.74, 6) is 0.00406. The van der Waals surface area contributed by atoms with Crippen molar-refractivity contribution >= 4 is 17.3 Å². The Balaban J connectivity index is 1.64. The van der Waals surface area contributed by atoms with E-state index in [1.54, 1.807) is 7.11 Å². The van der Waals surface area contributed by atoms with Crippen LogP contribution in [0.15, 0.2) is 18.2 Å². The largest absolute Gasteiger partial charge is 0.380 e. The summed E-state index contributed by atoms with van der Waals surface area (Å²) < 4.78 is 16.1. The molecule has 138 valence electrons. The Bertz CT molecular complexity index is 569. The maximum atomic E-state index is 12.3. The van der Waals surface area contributed by atoms with Crippen LogP contribution in [0.3, 0.4) is 0 Å². The highest BCUT2D eigenvalue weighted by molar-refractivity contribution is 5.92. The molecule has 7 nitrogen and oxygen atoms in total. The van der Waals surface area contributed by atoms with Crippen molar-refractivity contribution in [3.05, 3.63) is 23.8 Å². The van der Waals surface area contributed by atoms with Crippen LogP contribution in [0.25, 0.3) is 0 Å². The number of hydrogen-bond acceptors (Lipinski definition) is 6. The van der Waals surface area contributed by atoms with E-state index in [1.165, 1.54) is 0 Å². The molecule has 0 aromatic heterocycles. The average molecular weight is 349 g/mol. The molecule has 0 radical (unpaired) electrons. The lowest BCUT2D eigenvalue weighted by atomic mass is 10.1. The molecular formula is C18H27N3O4. The van der Waals surface area contributed by atoms with E-state index >= 15 is 0 Å². The lowest BCUT2D eigenvalue weighted by Crippen LogP contribution is -2.41. The molecule has 0 atom stereocenters. The predicted molar refractivity (Wildman–Crippen MR) is 96.1 cm³/mol. The Labute approximate surface area is 148 Å². The SMILES string of the molecule is COCc1cc(NC(=O)CN2CCOCC2)ccc1N1CCOCC1. The third-order valence-electron chi connectivity index (χ3n) is 4.49. The van der Waals surface area contributed by atoms with Crippen LogP contribution in [-0.4, -0.2) is 77.1 Å². The molecule has 3 rings (SSSR count). The molecule has 2 saturated heterocycles. The summed E-state index contributed by atoms with van der Waals surface area (Å²) >= 11 is 0. The molecule has 25 heavy (non-hydrogen) atoms. The fourth-order valence-electron chi connectivity index (χ4n) is 3.21. The Morgan fingerprint density at radius 1 is 1.12 bits per heavy atom. The monoisotopic (exact) mass is 349 g/mol. The van der Waals surface area contributed by atoms with Crippen LogP contribution in [0.1, 0.15) is 5.56 Å².